The summed E-state index contributed by atoms with van der Waals surface area (Å²) in [7, 11) is 0. The summed E-state index contributed by atoms with van der Waals surface area (Å²) in [6.07, 6.45) is 1.52. The van der Waals surface area contributed by atoms with Crippen LogP contribution in [-0.4, -0.2) is 23.1 Å². The van der Waals surface area contributed by atoms with Gasteiger partial charge in [0.05, 0.1) is 17.3 Å². The first-order valence-corrected chi connectivity index (χ1v) is 6.45. The second kappa shape index (κ2) is 4.11. The average Bonchev–Trinajstić information content (AvgIpc) is 2.64. The number of carbonyl (C=O) groups excluding carboxylic acids is 1. The monoisotopic (exact) mass is 252 g/mol. The molecule has 0 saturated heterocycles. The van der Waals surface area contributed by atoms with Crippen LogP contribution in [0.15, 0.2) is 11.1 Å². The van der Waals surface area contributed by atoms with Crippen LogP contribution in [0.2, 0.25) is 0 Å². The minimum absolute atomic E-state index is 0.0188. The number of carboxylic acids is 1. The van der Waals surface area contributed by atoms with Crippen molar-refractivity contribution in [3.05, 3.63) is 11.1 Å². The highest BCUT2D eigenvalue weighted by Gasteiger charge is 2.57. The van der Waals surface area contributed by atoms with Crippen molar-refractivity contribution in [1.82, 2.24) is 0 Å². The number of carboxylic acid groups (broad SMARTS) is 1. The number of fused-ring (bicyclic) bond motifs is 2. The second-order valence-corrected chi connectivity index (χ2v) is 6.09. The first-order chi connectivity index (χ1) is 8.26. The van der Waals surface area contributed by atoms with E-state index in [1.165, 1.54) is 0 Å². The fourth-order valence-electron chi connectivity index (χ4n) is 3.52. The molecule has 2 unspecified atom stereocenters. The molecule has 0 aromatic heterocycles. The summed E-state index contributed by atoms with van der Waals surface area (Å²) in [6.45, 7) is 7.65. The zero-order chi connectivity index (χ0) is 13.7. The van der Waals surface area contributed by atoms with Gasteiger partial charge < -0.3 is 9.84 Å². The fraction of sp³-hybridized carbons (Fsp3) is 0.714. The number of esters is 1. The lowest BCUT2D eigenvalue weighted by atomic mass is 9.79. The molecule has 2 rings (SSSR count). The third kappa shape index (κ3) is 1.74. The molecule has 4 nitrogen and oxygen atoms in total. The predicted octanol–water partition coefficient (Wildman–Crippen LogP) is 2.39. The lowest BCUT2D eigenvalue weighted by Crippen LogP contribution is -2.23. The van der Waals surface area contributed by atoms with E-state index in [1.807, 2.05) is 13.8 Å². The first-order valence-electron chi connectivity index (χ1n) is 6.45. The highest BCUT2D eigenvalue weighted by atomic mass is 16.5. The molecule has 0 aromatic carbocycles. The Bertz CT molecular complexity index is 431. The Hall–Kier alpha value is -1.32. The summed E-state index contributed by atoms with van der Waals surface area (Å²) in [5.41, 5.74) is 0.568. The molecule has 4 heteroatoms. The highest BCUT2D eigenvalue weighted by Crippen LogP contribution is 2.60. The Morgan fingerprint density at radius 1 is 1.22 bits per heavy atom. The molecule has 0 radical (unpaired) electrons. The quantitative estimate of drug-likeness (QED) is 0.783. The van der Waals surface area contributed by atoms with Gasteiger partial charge in [0.25, 0.3) is 0 Å². The summed E-state index contributed by atoms with van der Waals surface area (Å²) >= 11 is 0. The maximum Gasteiger partial charge on any atom is 0.335 e. The normalized spacial score (nSPS) is 28.9. The maximum absolute atomic E-state index is 12.1. The van der Waals surface area contributed by atoms with E-state index in [0.717, 1.165) is 12.8 Å². The van der Waals surface area contributed by atoms with Crippen molar-refractivity contribution in [2.75, 3.05) is 0 Å². The Labute approximate surface area is 107 Å². The number of rotatable bonds is 3. The van der Waals surface area contributed by atoms with Gasteiger partial charge >= 0.3 is 11.9 Å². The third-order valence-electron chi connectivity index (χ3n) is 4.32. The molecule has 2 bridgehead atoms. The van der Waals surface area contributed by atoms with E-state index < -0.39 is 11.9 Å². The van der Waals surface area contributed by atoms with Crippen LogP contribution in [0.4, 0.5) is 0 Å². The van der Waals surface area contributed by atoms with E-state index in [9.17, 15) is 14.7 Å². The summed E-state index contributed by atoms with van der Waals surface area (Å²) in [6, 6.07) is 0. The molecular weight excluding hydrogens is 232 g/mol. The minimum Gasteiger partial charge on any atom is -0.478 e. The van der Waals surface area contributed by atoms with E-state index in [1.54, 1.807) is 13.8 Å². The Morgan fingerprint density at radius 3 is 2.17 bits per heavy atom. The molecule has 0 aromatic rings. The van der Waals surface area contributed by atoms with Crippen LogP contribution in [0.3, 0.4) is 0 Å². The molecule has 2 atom stereocenters. The zero-order valence-corrected chi connectivity index (χ0v) is 11.3. The van der Waals surface area contributed by atoms with Gasteiger partial charge in [0.1, 0.15) is 0 Å². The van der Waals surface area contributed by atoms with Gasteiger partial charge in [-0.2, -0.15) is 0 Å². The standard InChI is InChI=1S/C14H20O4/c1-7(2)18-13(17)11-9-6-5-8(14(9,3)4)10(11)12(15)16/h7-9H,5-6H2,1-4H3,(H,15,16). The molecule has 2 aliphatic carbocycles. The summed E-state index contributed by atoms with van der Waals surface area (Å²) in [5.74, 6) is -1.40. The summed E-state index contributed by atoms with van der Waals surface area (Å²) in [5, 5.41) is 9.36. The molecule has 0 amide bonds. The Morgan fingerprint density at radius 2 is 1.72 bits per heavy atom. The van der Waals surface area contributed by atoms with E-state index in [4.69, 9.17) is 4.74 Å². The Balaban J connectivity index is 2.42. The molecule has 1 saturated carbocycles. The van der Waals surface area contributed by atoms with Gasteiger partial charge in [-0.25, -0.2) is 9.59 Å². The highest BCUT2D eigenvalue weighted by molar-refractivity contribution is 6.02. The summed E-state index contributed by atoms with van der Waals surface area (Å²) in [4.78, 5) is 23.5. The smallest absolute Gasteiger partial charge is 0.335 e. The van der Waals surface area contributed by atoms with E-state index >= 15 is 0 Å². The number of hydrogen-bond acceptors (Lipinski definition) is 3. The molecule has 0 aliphatic heterocycles. The molecule has 100 valence electrons. The van der Waals surface area contributed by atoms with Crippen LogP contribution in [0.1, 0.15) is 40.5 Å². The number of carbonyl (C=O) groups is 2. The first kappa shape index (κ1) is 13.1. The molecule has 18 heavy (non-hydrogen) atoms. The topological polar surface area (TPSA) is 63.6 Å². The minimum atomic E-state index is -0.967. The van der Waals surface area contributed by atoms with Crippen LogP contribution in [0.25, 0.3) is 0 Å². The molecule has 0 heterocycles. The van der Waals surface area contributed by atoms with Gasteiger partial charge in [0.15, 0.2) is 0 Å². The lowest BCUT2D eigenvalue weighted by molar-refractivity contribution is -0.144. The van der Waals surface area contributed by atoms with Crippen LogP contribution in [0.5, 0.6) is 0 Å². The van der Waals surface area contributed by atoms with Crippen molar-refractivity contribution in [1.29, 1.82) is 0 Å². The van der Waals surface area contributed by atoms with Crippen molar-refractivity contribution in [3.8, 4) is 0 Å². The number of aliphatic carboxylic acids is 1. The average molecular weight is 252 g/mol. The molecule has 1 N–H and O–H groups in total. The Kier molecular flexibility index (Phi) is 2.99. The SMILES string of the molecule is CC(C)OC(=O)C1=C(C(=O)O)C2CCC1C2(C)C. The molecule has 1 fully saturated rings. The van der Waals surface area contributed by atoms with Crippen LogP contribution in [0, 0.1) is 17.3 Å². The summed E-state index contributed by atoms with van der Waals surface area (Å²) < 4.78 is 5.20. The van der Waals surface area contributed by atoms with Crippen molar-refractivity contribution in [2.45, 2.75) is 46.6 Å². The van der Waals surface area contributed by atoms with E-state index in [0.29, 0.717) is 11.1 Å². The van der Waals surface area contributed by atoms with Crippen LogP contribution < -0.4 is 0 Å². The molecular formula is C14H20O4. The maximum atomic E-state index is 12.1. The van der Waals surface area contributed by atoms with Gasteiger partial charge in [0, 0.05) is 0 Å². The number of ether oxygens (including phenoxy) is 1. The second-order valence-electron chi connectivity index (χ2n) is 6.09. The van der Waals surface area contributed by atoms with Gasteiger partial charge in [-0.05, 0) is 43.9 Å². The predicted molar refractivity (Wildman–Crippen MR) is 65.9 cm³/mol. The van der Waals surface area contributed by atoms with Crippen molar-refractivity contribution >= 4 is 11.9 Å². The van der Waals surface area contributed by atoms with E-state index in [-0.39, 0.29) is 23.4 Å². The van der Waals surface area contributed by atoms with E-state index in [2.05, 4.69) is 0 Å². The van der Waals surface area contributed by atoms with Crippen molar-refractivity contribution in [2.24, 2.45) is 17.3 Å². The molecule has 2 aliphatic rings. The van der Waals surface area contributed by atoms with Gasteiger partial charge in [-0.1, -0.05) is 13.8 Å². The fourth-order valence-corrected chi connectivity index (χ4v) is 3.52. The largest absolute Gasteiger partial charge is 0.478 e. The van der Waals surface area contributed by atoms with Gasteiger partial charge in [-0.15, -0.1) is 0 Å². The molecule has 0 spiro atoms. The van der Waals surface area contributed by atoms with Gasteiger partial charge in [-0.3, -0.25) is 0 Å². The van der Waals surface area contributed by atoms with Crippen LogP contribution >= 0.6 is 0 Å². The zero-order valence-electron chi connectivity index (χ0n) is 11.3. The number of hydrogen-bond donors (Lipinski definition) is 1. The van der Waals surface area contributed by atoms with Crippen LogP contribution in [-0.2, 0) is 14.3 Å². The third-order valence-corrected chi connectivity index (χ3v) is 4.32. The van der Waals surface area contributed by atoms with Gasteiger partial charge in [0.2, 0.25) is 0 Å². The van der Waals surface area contributed by atoms with Crippen molar-refractivity contribution < 1.29 is 19.4 Å². The lowest BCUT2D eigenvalue weighted by Gasteiger charge is -2.25. The van der Waals surface area contributed by atoms with Crippen molar-refractivity contribution in [3.63, 3.8) is 0 Å².